The van der Waals surface area contributed by atoms with E-state index < -0.39 is 6.10 Å². The highest BCUT2D eigenvalue weighted by Gasteiger charge is 2.23. The zero-order valence-electron chi connectivity index (χ0n) is 15.4. The molecule has 0 saturated carbocycles. The average molecular weight is 329 g/mol. The van der Waals surface area contributed by atoms with Crippen molar-refractivity contribution in [1.82, 2.24) is 9.78 Å². The molecule has 1 amide bonds. The standard InChI is InChI=1S/C19H27N3O2/c1-7-15(24-6)18(23)20-17-12-16(19(3,4)5)21-22(17)14-11-9-8-10-13(14)2/h8-12,15H,7H2,1-6H3,(H,20,23). The van der Waals surface area contributed by atoms with Crippen LogP contribution in [0.1, 0.15) is 45.4 Å². The van der Waals surface area contributed by atoms with Gasteiger partial charge in [0.1, 0.15) is 11.9 Å². The Morgan fingerprint density at radius 2 is 2.00 bits per heavy atom. The summed E-state index contributed by atoms with van der Waals surface area (Å²) in [5, 5.41) is 7.70. The summed E-state index contributed by atoms with van der Waals surface area (Å²) < 4.78 is 7.04. The molecular weight excluding hydrogens is 302 g/mol. The summed E-state index contributed by atoms with van der Waals surface area (Å²) in [6.45, 7) is 10.3. The Labute approximate surface area is 144 Å². The van der Waals surface area contributed by atoms with E-state index in [0.717, 1.165) is 16.9 Å². The molecule has 2 rings (SSSR count). The molecule has 0 saturated heterocycles. The van der Waals surface area contributed by atoms with Crippen LogP contribution in [-0.4, -0.2) is 28.9 Å². The van der Waals surface area contributed by atoms with Crippen molar-refractivity contribution in [1.29, 1.82) is 0 Å². The number of aromatic nitrogens is 2. The Kier molecular flexibility index (Phi) is 5.44. The molecule has 0 radical (unpaired) electrons. The molecule has 0 aliphatic rings. The number of methoxy groups -OCH3 is 1. The molecule has 0 spiro atoms. The second kappa shape index (κ2) is 7.18. The number of rotatable bonds is 5. The first-order valence-electron chi connectivity index (χ1n) is 8.28. The average Bonchev–Trinajstić information content (AvgIpc) is 2.93. The van der Waals surface area contributed by atoms with E-state index in [-0.39, 0.29) is 11.3 Å². The van der Waals surface area contributed by atoms with Gasteiger partial charge in [0, 0.05) is 18.6 Å². The number of amides is 1. The lowest BCUT2D eigenvalue weighted by Gasteiger charge is -2.15. The molecule has 24 heavy (non-hydrogen) atoms. The van der Waals surface area contributed by atoms with E-state index in [0.29, 0.717) is 12.2 Å². The quantitative estimate of drug-likeness (QED) is 0.906. The number of anilines is 1. The van der Waals surface area contributed by atoms with E-state index >= 15 is 0 Å². The van der Waals surface area contributed by atoms with Gasteiger partial charge in [-0.3, -0.25) is 4.79 Å². The second-order valence-electron chi connectivity index (χ2n) is 6.98. The largest absolute Gasteiger partial charge is 0.372 e. The monoisotopic (exact) mass is 329 g/mol. The van der Waals surface area contributed by atoms with Gasteiger partial charge < -0.3 is 10.1 Å². The van der Waals surface area contributed by atoms with Gasteiger partial charge in [0.05, 0.1) is 11.4 Å². The van der Waals surface area contributed by atoms with Crippen LogP contribution in [0.15, 0.2) is 30.3 Å². The minimum Gasteiger partial charge on any atom is -0.372 e. The third kappa shape index (κ3) is 3.85. The zero-order valence-corrected chi connectivity index (χ0v) is 15.4. The molecule has 0 bridgehead atoms. The third-order valence-corrected chi connectivity index (χ3v) is 4.02. The summed E-state index contributed by atoms with van der Waals surface area (Å²) in [5.74, 6) is 0.505. The van der Waals surface area contributed by atoms with E-state index in [1.54, 1.807) is 11.8 Å². The van der Waals surface area contributed by atoms with Crippen LogP contribution in [-0.2, 0) is 14.9 Å². The van der Waals surface area contributed by atoms with Gasteiger partial charge in [0.2, 0.25) is 0 Å². The summed E-state index contributed by atoms with van der Waals surface area (Å²) in [6.07, 6.45) is 0.149. The first-order chi connectivity index (χ1) is 11.3. The molecule has 5 heteroatoms. The van der Waals surface area contributed by atoms with Gasteiger partial charge in [0.25, 0.3) is 5.91 Å². The molecule has 130 valence electrons. The predicted molar refractivity (Wildman–Crippen MR) is 96.7 cm³/mol. The number of nitrogens with zero attached hydrogens (tertiary/aromatic N) is 2. The highest BCUT2D eigenvalue weighted by atomic mass is 16.5. The van der Waals surface area contributed by atoms with E-state index in [1.807, 2.05) is 44.2 Å². The molecule has 1 aromatic heterocycles. The van der Waals surface area contributed by atoms with Crippen LogP contribution in [0, 0.1) is 6.92 Å². The molecule has 1 atom stereocenters. The number of carbonyl (C=O) groups excluding carboxylic acids is 1. The molecule has 1 unspecified atom stereocenters. The van der Waals surface area contributed by atoms with Crippen molar-refractivity contribution in [2.75, 3.05) is 12.4 Å². The first kappa shape index (κ1) is 18.2. The number of hydrogen-bond donors (Lipinski definition) is 1. The van der Waals surface area contributed by atoms with Crippen molar-refractivity contribution < 1.29 is 9.53 Å². The molecule has 0 aliphatic carbocycles. The number of para-hydroxylation sites is 1. The molecular formula is C19H27N3O2. The minimum absolute atomic E-state index is 0.112. The zero-order chi connectivity index (χ0) is 17.9. The number of carbonyl (C=O) groups is 1. The third-order valence-electron chi connectivity index (χ3n) is 4.02. The van der Waals surface area contributed by atoms with Crippen molar-refractivity contribution in [3.8, 4) is 5.69 Å². The summed E-state index contributed by atoms with van der Waals surface area (Å²) in [5.41, 5.74) is 2.86. The van der Waals surface area contributed by atoms with E-state index in [1.165, 1.54) is 0 Å². The molecule has 5 nitrogen and oxygen atoms in total. The Bertz CT molecular complexity index is 710. The Morgan fingerprint density at radius 3 is 2.54 bits per heavy atom. The number of nitrogens with one attached hydrogen (secondary N) is 1. The maximum absolute atomic E-state index is 12.4. The van der Waals surface area contributed by atoms with E-state index in [9.17, 15) is 4.79 Å². The van der Waals surface area contributed by atoms with E-state index in [2.05, 4.69) is 26.1 Å². The SMILES string of the molecule is CCC(OC)C(=O)Nc1cc(C(C)(C)C)nn1-c1ccccc1C. The van der Waals surface area contributed by atoms with Crippen molar-refractivity contribution in [2.24, 2.45) is 0 Å². The fourth-order valence-electron chi connectivity index (χ4n) is 2.49. The van der Waals surface area contributed by atoms with Crippen molar-refractivity contribution >= 4 is 11.7 Å². The number of benzene rings is 1. The van der Waals surface area contributed by atoms with Gasteiger partial charge >= 0.3 is 0 Å². The highest BCUT2D eigenvalue weighted by Crippen LogP contribution is 2.27. The van der Waals surface area contributed by atoms with Gasteiger partial charge in [-0.25, -0.2) is 4.68 Å². The van der Waals surface area contributed by atoms with Gasteiger partial charge in [-0.2, -0.15) is 5.10 Å². The summed E-state index contributed by atoms with van der Waals surface area (Å²) in [4.78, 5) is 12.4. The van der Waals surface area contributed by atoms with Gasteiger partial charge in [-0.1, -0.05) is 45.9 Å². The van der Waals surface area contributed by atoms with Crippen molar-refractivity contribution in [2.45, 2.75) is 52.6 Å². The van der Waals surface area contributed by atoms with E-state index in [4.69, 9.17) is 9.84 Å². The van der Waals surface area contributed by atoms with Crippen LogP contribution >= 0.6 is 0 Å². The molecule has 2 aromatic rings. The molecule has 0 fully saturated rings. The van der Waals surface area contributed by atoms with Crippen LogP contribution in [0.5, 0.6) is 0 Å². The fourth-order valence-corrected chi connectivity index (χ4v) is 2.49. The lowest BCUT2D eigenvalue weighted by atomic mass is 9.92. The van der Waals surface area contributed by atoms with Crippen LogP contribution in [0.4, 0.5) is 5.82 Å². The molecule has 1 heterocycles. The van der Waals surface area contributed by atoms with Crippen LogP contribution in [0.3, 0.4) is 0 Å². The highest BCUT2D eigenvalue weighted by molar-refractivity contribution is 5.93. The molecule has 0 aliphatic heterocycles. The lowest BCUT2D eigenvalue weighted by molar-refractivity contribution is -0.125. The lowest BCUT2D eigenvalue weighted by Crippen LogP contribution is -2.29. The van der Waals surface area contributed by atoms with Crippen LogP contribution < -0.4 is 5.32 Å². The Balaban J connectivity index is 2.48. The van der Waals surface area contributed by atoms with Crippen LogP contribution in [0.25, 0.3) is 5.69 Å². The second-order valence-corrected chi connectivity index (χ2v) is 6.98. The fraction of sp³-hybridized carbons (Fsp3) is 0.474. The molecule has 1 aromatic carbocycles. The summed E-state index contributed by atoms with van der Waals surface area (Å²) in [7, 11) is 1.55. The molecule has 1 N–H and O–H groups in total. The summed E-state index contributed by atoms with van der Waals surface area (Å²) in [6, 6.07) is 9.92. The predicted octanol–water partition coefficient (Wildman–Crippen LogP) is 3.84. The van der Waals surface area contributed by atoms with Crippen LogP contribution in [0.2, 0.25) is 0 Å². The van der Waals surface area contributed by atoms with Crippen molar-refractivity contribution in [3.63, 3.8) is 0 Å². The van der Waals surface area contributed by atoms with Gasteiger partial charge in [-0.15, -0.1) is 0 Å². The van der Waals surface area contributed by atoms with Crippen molar-refractivity contribution in [3.05, 3.63) is 41.6 Å². The summed E-state index contributed by atoms with van der Waals surface area (Å²) >= 11 is 0. The Morgan fingerprint density at radius 1 is 1.33 bits per heavy atom. The maximum Gasteiger partial charge on any atom is 0.254 e. The van der Waals surface area contributed by atoms with Gasteiger partial charge in [-0.05, 0) is 25.0 Å². The Hall–Kier alpha value is -2.14. The number of hydrogen-bond acceptors (Lipinski definition) is 3. The number of ether oxygens (including phenoxy) is 1. The number of aryl methyl sites for hydroxylation is 1. The first-order valence-corrected chi connectivity index (χ1v) is 8.28. The maximum atomic E-state index is 12.4. The normalized spacial score (nSPS) is 12.9. The minimum atomic E-state index is -0.469. The topological polar surface area (TPSA) is 56.1 Å². The smallest absolute Gasteiger partial charge is 0.254 e. The van der Waals surface area contributed by atoms with Gasteiger partial charge in [0.15, 0.2) is 0 Å².